The fraction of sp³-hybridized carbons (Fsp3) is 0.381. The van der Waals surface area contributed by atoms with Gasteiger partial charge in [-0.2, -0.15) is 0 Å². The summed E-state index contributed by atoms with van der Waals surface area (Å²) in [7, 11) is -2.80. The number of hydrogen-bond acceptors (Lipinski definition) is 7. The number of benzene rings is 2. The molecule has 3 rings (SSSR count). The molecule has 10 nitrogen and oxygen atoms in total. The fourth-order valence-corrected chi connectivity index (χ4v) is 4.80. The molecular weight excluding hydrogens is 438 g/mol. The number of ether oxygens (including phenoxy) is 2. The number of carbonyl (C=O) groups is 1. The van der Waals surface area contributed by atoms with E-state index in [2.05, 4.69) is 5.32 Å². The summed E-state index contributed by atoms with van der Waals surface area (Å²) in [5.74, 6) is 0.00131. The molecule has 1 atom stereocenters. The van der Waals surface area contributed by atoms with Gasteiger partial charge < -0.3 is 14.8 Å². The molecule has 11 heteroatoms. The van der Waals surface area contributed by atoms with Crippen LogP contribution < -0.4 is 14.4 Å². The van der Waals surface area contributed by atoms with Gasteiger partial charge in [0.05, 0.1) is 28.7 Å². The maximum Gasteiger partial charge on any atom is 0.273 e. The van der Waals surface area contributed by atoms with Crippen LogP contribution in [0.25, 0.3) is 0 Å². The van der Waals surface area contributed by atoms with Crippen LogP contribution in [0.3, 0.4) is 0 Å². The molecule has 2 aromatic rings. The minimum absolute atomic E-state index is 0.0928. The Morgan fingerprint density at radius 1 is 1.28 bits per heavy atom. The molecular formula is C21H25N3O7S. The van der Waals surface area contributed by atoms with Gasteiger partial charge in [0, 0.05) is 24.8 Å². The number of aryl methyl sites for hydroxylation is 1. The van der Waals surface area contributed by atoms with Gasteiger partial charge in [-0.1, -0.05) is 6.07 Å². The number of rotatable bonds is 9. The van der Waals surface area contributed by atoms with Crippen LogP contribution in [-0.2, 0) is 19.6 Å². The smallest absolute Gasteiger partial charge is 0.273 e. The zero-order valence-corrected chi connectivity index (χ0v) is 18.6. The predicted octanol–water partition coefficient (Wildman–Crippen LogP) is 2.40. The van der Waals surface area contributed by atoms with Gasteiger partial charge in [0.1, 0.15) is 12.3 Å². The predicted molar refractivity (Wildman–Crippen MR) is 117 cm³/mol. The molecule has 0 saturated carbocycles. The summed E-state index contributed by atoms with van der Waals surface area (Å²) in [6.07, 6.45) is 1.65. The first-order chi connectivity index (χ1) is 15.2. The monoisotopic (exact) mass is 463 g/mol. The van der Waals surface area contributed by atoms with Crippen molar-refractivity contribution in [1.82, 2.24) is 5.32 Å². The van der Waals surface area contributed by atoms with Crippen LogP contribution in [-0.4, -0.2) is 52.2 Å². The Hall–Kier alpha value is -3.18. The number of nitrogens with zero attached hydrogens (tertiary/aromatic N) is 2. The maximum atomic E-state index is 13.4. The average molecular weight is 464 g/mol. The Morgan fingerprint density at radius 2 is 2.00 bits per heavy atom. The standard InChI is InChI=1S/C21H25N3O7S/c1-15-5-10-19(12-20(15)24(26)27)32(28,29)23(16-6-8-17(30-2)9-7-16)14-21(25)22-13-18-4-3-11-31-18/h5-10,12,18H,3-4,11,13-14H2,1-2H3,(H,22,25). The van der Waals surface area contributed by atoms with Crippen molar-refractivity contribution in [2.24, 2.45) is 0 Å². The van der Waals surface area contributed by atoms with Crippen molar-refractivity contribution < 1.29 is 27.6 Å². The van der Waals surface area contributed by atoms with Gasteiger partial charge in [-0.25, -0.2) is 8.42 Å². The van der Waals surface area contributed by atoms with E-state index in [0.717, 1.165) is 23.2 Å². The van der Waals surface area contributed by atoms with Gasteiger partial charge in [-0.15, -0.1) is 0 Å². The molecule has 2 aromatic carbocycles. The van der Waals surface area contributed by atoms with Crippen LogP contribution in [0.2, 0.25) is 0 Å². The lowest BCUT2D eigenvalue weighted by Crippen LogP contribution is -2.42. The Bertz CT molecular complexity index is 1080. The largest absolute Gasteiger partial charge is 0.497 e. The van der Waals surface area contributed by atoms with E-state index in [1.54, 1.807) is 12.1 Å². The SMILES string of the molecule is COc1ccc(N(CC(=O)NCC2CCCO2)S(=O)(=O)c2ccc(C)c([N+](=O)[O-])c2)cc1. The first kappa shape index (κ1) is 23.5. The molecule has 1 fully saturated rings. The summed E-state index contributed by atoms with van der Waals surface area (Å²) >= 11 is 0. The zero-order chi connectivity index (χ0) is 23.3. The highest BCUT2D eigenvalue weighted by Crippen LogP contribution is 2.29. The number of carbonyl (C=O) groups excluding carboxylic acids is 1. The Labute approximate surface area is 186 Å². The maximum absolute atomic E-state index is 13.4. The van der Waals surface area contributed by atoms with Crippen molar-refractivity contribution in [3.05, 3.63) is 58.1 Å². The molecule has 1 unspecified atom stereocenters. The number of hydrogen-bond donors (Lipinski definition) is 1. The molecule has 32 heavy (non-hydrogen) atoms. The highest BCUT2D eigenvalue weighted by molar-refractivity contribution is 7.92. The van der Waals surface area contributed by atoms with Crippen LogP contribution in [0.1, 0.15) is 18.4 Å². The van der Waals surface area contributed by atoms with Crippen molar-refractivity contribution in [1.29, 1.82) is 0 Å². The molecule has 0 radical (unpaired) electrons. The molecule has 1 aliphatic heterocycles. The van der Waals surface area contributed by atoms with E-state index in [9.17, 15) is 23.3 Å². The second kappa shape index (κ2) is 9.96. The minimum Gasteiger partial charge on any atom is -0.497 e. The van der Waals surface area contributed by atoms with Crippen molar-refractivity contribution in [2.45, 2.75) is 30.8 Å². The lowest BCUT2D eigenvalue weighted by Gasteiger charge is -2.24. The molecule has 0 spiro atoms. The number of sulfonamides is 1. The molecule has 1 amide bonds. The summed E-state index contributed by atoms with van der Waals surface area (Å²) in [5.41, 5.74) is 0.240. The van der Waals surface area contributed by atoms with Gasteiger partial charge >= 0.3 is 0 Å². The van der Waals surface area contributed by atoms with Gasteiger partial charge in [0.15, 0.2) is 0 Å². The normalized spacial score (nSPS) is 15.9. The topological polar surface area (TPSA) is 128 Å². The summed E-state index contributed by atoms with van der Waals surface area (Å²) < 4.78 is 38.4. The molecule has 0 aliphatic carbocycles. The Morgan fingerprint density at radius 3 is 2.59 bits per heavy atom. The van der Waals surface area contributed by atoms with Crippen molar-refractivity contribution in [3.63, 3.8) is 0 Å². The van der Waals surface area contributed by atoms with Gasteiger partial charge in [-0.05, 0) is 50.1 Å². The number of anilines is 1. The van der Waals surface area contributed by atoms with E-state index in [1.807, 2.05) is 0 Å². The molecule has 1 aliphatic rings. The number of nitro groups is 1. The Balaban J connectivity index is 1.92. The van der Waals surface area contributed by atoms with Crippen LogP contribution >= 0.6 is 0 Å². The quantitative estimate of drug-likeness (QED) is 0.447. The lowest BCUT2D eigenvalue weighted by atomic mass is 10.2. The van der Waals surface area contributed by atoms with Crippen molar-refractivity contribution in [3.8, 4) is 5.75 Å². The zero-order valence-electron chi connectivity index (χ0n) is 17.8. The number of nitro benzene ring substituents is 1. The second-order valence-corrected chi connectivity index (χ2v) is 9.22. The van der Waals surface area contributed by atoms with Gasteiger partial charge in [-0.3, -0.25) is 19.2 Å². The van der Waals surface area contributed by atoms with Crippen LogP contribution in [0.4, 0.5) is 11.4 Å². The van der Waals surface area contributed by atoms with E-state index in [4.69, 9.17) is 9.47 Å². The number of methoxy groups -OCH3 is 1. The van der Waals surface area contributed by atoms with Crippen LogP contribution in [0.5, 0.6) is 5.75 Å². The van der Waals surface area contributed by atoms with Crippen LogP contribution in [0.15, 0.2) is 47.4 Å². The minimum atomic E-state index is -4.28. The summed E-state index contributed by atoms with van der Waals surface area (Å²) in [5, 5.41) is 14.0. The molecule has 172 valence electrons. The third-order valence-corrected chi connectivity index (χ3v) is 6.93. The fourth-order valence-electron chi connectivity index (χ4n) is 3.36. The van der Waals surface area contributed by atoms with Crippen molar-refractivity contribution >= 4 is 27.3 Å². The first-order valence-corrected chi connectivity index (χ1v) is 11.5. The van der Waals surface area contributed by atoms with E-state index < -0.39 is 27.4 Å². The number of nitrogens with one attached hydrogen (secondary N) is 1. The Kier molecular flexibility index (Phi) is 7.31. The van der Waals surface area contributed by atoms with E-state index in [1.165, 1.54) is 38.3 Å². The molecule has 0 aromatic heterocycles. The highest BCUT2D eigenvalue weighted by Gasteiger charge is 2.29. The molecule has 1 heterocycles. The van der Waals surface area contributed by atoms with Gasteiger partial charge in [0.25, 0.3) is 15.7 Å². The summed E-state index contributed by atoms with van der Waals surface area (Å²) in [4.78, 5) is 23.0. The lowest BCUT2D eigenvalue weighted by molar-refractivity contribution is -0.385. The third kappa shape index (κ3) is 5.35. The average Bonchev–Trinajstić information content (AvgIpc) is 3.30. The summed E-state index contributed by atoms with van der Waals surface area (Å²) in [6, 6.07) is 9.82. The van der Waals surface area contributed by atoms with Crippen LogP contribution in [0, 0.1) is 17.0 Å². The molecule has 1 saturated heterocycles. The third-order valence-electron chi connectivity index (χ3n) is 5.16. The first-order valence-electron chi connectivity index (χ1n) is 10.0. The number of amides is 1. The molecule has 1 N–H and O–H groups in total. The van der Waals surface area contributed by atoms with Gasteiger partial charge in [0.2, 0.25) is 5.91 Å². The van der Waals surface area contributed by atoms with Crippen molar-refractivity contribution in [2.75, 3.05) is 31.1 Å². The highest BCUT2D eigenvalue weighted by atomic mass is 32.2. The van der Waals surface area contributed by atoms with E-state index >= 15 is 0 Å². The summed E-state index contributed by atoms with van der Waals surface area (Å²) in [6.45, 7) is 1.95. The van der Waals surface area contributed by atoms with E-state index in [-0.39, 0.29) is 28.9 Å². The molecule has 0 bridgehead atoms. The van der Waals surface area contributed by atoms with E-state index in [0.29, 0.717) is 17.9 Å². The second-order valence-electron chi connectivity index (χ2n) is 7.35.